The number of hydrogen-bond donors (Lipinski definition) is 1. The van der Waals surface area contributed by atoms with Gasteiger partial charge in [-0.3, -0.25) is 0 Å². The maximum atomic E-state index is 11.6. The van der Waals surface area contributed by atoms with Gasteiger partial charge in [-0.25, -0.2) is 4.79 Å². The quantitative estimate of drug-likeness (QED) is 0.907. The van der Waals surface area contributed by atoms with Crippen molar-refractivity contribution in [2.24, 2.45) is 0 Å². The number of aryl methyl sites for hydroxylation is 3. The average Bonchev–Trinajstić information content (AvgIpc) is 2.45. The van der Waals surface area contributed by atoms with Crippen LogP contribution in [0, 0.1) is 27.7 Å². The molecule has 0 aromatic heterocycles. The van der Waals surface area contributed by atoms with E-state index in [4.69, 9.17) is 4.74 Å². The van der Waals surface area contributed by atoms with Crippen molar-refractivity contribution in [3.05, 3.63) is 64.2 Å². The van der Waals surface area contributed by atoms with Crippen molar-refractivity contribution in [2.45, 2.75) is 40.2 Å². The first-order chi connectivity index (χ1) is 10.4. The summed E-state index contributed by atoms with van der Waals surface area (Å²) in [6, 6.07) is 11.8. The molecule has 116 valence electrons. The van der Waals surface area contributed by atoms with E-state index in [1.54, 1.807) is 0 Å². The highest BCUT2D eigenvalue weighted by Gasteiger charge is 2.22. The molecule has 3 heteroatoms. The van der Waals surface area contributed by atoms with Gasteiger partial charge in [-0.1, -0.05) is 30.3 Å². The van der Waals surface area contributed by atoms with E-state index in [9.17, 15) is 9.90 Å². The van der Waals surface area contributed by atoms with Crippen molar-refractivity contribution in [3.63, 3.8) is 0 Å². The SMILES string of the molecule is Cc1cc(C)c(C)c(O[C@H](Cc2ccccc2C)C(=O)O)c1. The van der Waals surface area contributed by atoms with Crippen LogP contribution in [0.25, 0.3) is 0 Å². The van der Waals surface area contributed by atoms with Crippen LogP contribution in [0.5, 0.6) is 5.75 Å². The van der Waals surface area contributed by atoms with E-state index in [-0.39, 0.29) is 0 Å². The van der Waals surface area contributed by atoms with Gasteiger partial charge < -0.3 is 9.84 Å². The molecule has 2 aromatic rings. The van der Waals surface area contributed by atoms with Gasteiger partial charge in [-0.2, -0.15) is 0 Å². The van der Waals surface area contributed by atoms with E-state index in [2.05, 4.69) is 6.07 Å². The lowest BCUT2D eigenvalue weighted by atomic mass is 10.0. The molecule has 0 fully saturated rings. The summed E-state index contributed by atoms with van der Waals surface area (Å²) in [5.74, 6) is -0.291. The summed E-state index contributed by atoms with van der Waals surface area (Å²) in [6.07, 6.45) is -0.532. The lowest BCUT2D eigenvalue weighted by Gasteiger charge is -2.19. The van der Waals surface area contributed by atoms with Crippen molar-refractivity contribution < 1.29 is 14.6 Å². The van der Waals surface area contributed by atoms with Crippen LogP contribution in [-0.2, 0) is 11.2 Å². The monoisotopic (exact) mass is 298 g/mol. The van der Waals surface area contributed by atoms with Crippen molar-refractivity contribution >= 4 is 5.97 Å². The van der Waals surface area contributed by atoms with E-state index in [1.807, 2.05) is 58.0 Å². The third kappa shape index (κ3) is 3.67. The molecule has 2 rings (SSSR count). The summed E-state index contributed by atoms with van der Waals surface area (Å²) in [5.41, 5.74) is 5.24. The lowest BCUT2D eigenvalue weighted by molar-refractivity contribution is -0.145. The van der Waals surface area contributed by atoms with Crippen LogP contribution in [0.2, 0.25) is 0 Å². The van der Waals surface area contributed by atoms with E-state index >= 15 is 0 Å². The smallest absolute Gasteiger partial charge is 0.345 e. The molecule has 0 unspecified atom stereocenters. The number of benzene rings is 2. The fourth-order valence-electron chi connectivity index (χ4n) is 2.49. The number of ether oxygens (including phenoxy) is 1. The zero-order valence-corrected chi connectivity index (χ0v) is 13.5. The largest absolute Gasteiger partial charge is 0.478 e. The molecule has 0 amide bonds. The highest BCUT2D eigenvalue weighted by Crippen LogP contribution is 2.25. The second-order valence-electron chi connectivity index (χ2n) is 5.78. The predicted molar refractivity (Wildman–Crippen MR) is 87.6 cm³/mol. The second-order valence-corrected chi connectivity index (χ2v) is 5.78. The molecule has 0 heterocycles. The third-order valence-corrected chi connectivity index (χ3v) is 3.98. The zero-order chi connectivity index (χ0) is 16.3. The highest BCUT2D eigenvalue weighted by molar-refractivity contribution is 5.73. The molecular weight excluding hydrogens is 276 g/mol. The first kappa shape index (κ1) is 16.1. The molecule has 2 aromatic carbocycles. The first-order valence-corrected chi connectivity index (χ1v) is 7.40. The second kappa shape index (κ2) is 6.65. The molecule has 22 heavy (non-hydrogen) atoms. The van der Waals surface area contributed by atoms with E-state index in [1.165, 1.54) is 0 Å². The van der Waals surface area contributed by atoms with E-state index in [0.717, 1.165) is 27.8 Å². The summed E-state index contributed by atoms with van der Waals surface area (Å²) in [6.45, 7) is 7.93. The first-order valence-electron chi connectivity index (χ1n) is 7.40. The fraction of sp³-hybridized carbons (Fsp3) is 0.316. The summed E-state index contributed by atoms with van der Waals surface area (Å²) < 4.78 is 5.83. The summed E-state index contributed by atoms with van der Waals surface area (Å²) in [7, 11) is 0. The van der Waals surface area contributed by atoms with Crippen LogP contribution in [0.15, 0.2) is 36.4 Å². The molecule has 0 radical (unpaired) electrons. The van der Waals surface area contributed by atoms with Crippen LogP contribution < -0.4 is 4.74 Å². The molecule has 0 spiro atoms. The zero-order valence-electron chi connectivity index (χ0n) is 13.5. The highest BCUT2D eigenvalue weighted by atomic mass is 16.5. The Bertz CT molecular complexity index is 689. The number of hydrogen-bond acceptors (Lipinski definition) is 2. The summed E-state index contributed by atoms with van der Waals surface area (Å²) in [4.78, 5) is 11.6. The van der Waals surface area contributed by atoms with Crippen LogP contribution in [0.4, 0.5) is 0 Å². The molecule has 0 saturated heterocycles. The van der Waals surface area contributed by atoms with Crippen molar-refractivity contribution in [3.8, 4) is 5.75 Å². The van der Waals surface area contributed by atoms with Crippen molar-refractivity contribution in [1.29, 1.82) is 0 Å². The Balaban J connectivity index is 2.27. The minimum Gasteiger partial charge on any atom is -0.478 e. The van der Waals surface area contributed by atoms with Crippen LogP contribution >= 0.6 is 0 Å². The maximum Gasteiger partial charge on any atom is 0.345 e. The Hall–Kier alpha value is -2.29. The predicted octanol–water partition coefficient (Wildman–Crippen LogP) is 3.99. The average molecular weight is 298 g/mol. The van der Waals surface area contributed by atoms with Crippen LogP contribution in [0.1, 0.15) is 27.8 Å². The summed E-state index contributed by atoms with van der Waals surface area (Å²) in [5, 5.41) is 9.49. The maximum absolute atomic E-state index is 11.6. The van der Waals surface area contributed by atoms with Crippen molar-refractivity contribution in [1.82, 2.24) is 0 Å². The standard InChI is InChI=1S/C19H22O3/c1-12-9-14(3)15(4)17(10-12)22-18(19(20)21)11-16-8-6-5-7-13(16)2/h5-10,18H,11H2,1-4H3,(H,20,21)/t18-/m1/s1. The Morgan fingerprint density at radius 2 is 1.77 bits per heavy atom. The Morgan fingerprint density at radius 3 is 2.41 bits per heavy atom. The van der Waals surface area contributed by atoms with Gasteiger partial charge in [0.2, 0.25) is 0 Å². The third-order valence-electron chi connectivity index (χ3n) is 3.98. The molecule has 0 saturated carbocycles. The number of rotatable bonds is 5. The molecule has 1 N–H and O–H groups in total. The summed E-state index contributed by atoms with van der Waals surface area (Å²) >= 11 is 0. The van der Waals surface area contributed by atoms with Gasteiger partial charge in [0.15, 0.2) is 6.10 Å². The Labute approximate surface area is 131 Å². The normalized spacial score (nSPS) is 12.0. The van der Waals surface area contributed by atoms with Gasteiger partial charge in [0.05, 0.1) is 0 Å². The van der Waals surface area contributed by atoms with Gasteiger partial charge in [-0.15, -0.1) is 0 Å². The van der Waals surface area contributed by atoms with Gasteiger partial charge in [0.1, 0.15) is 5.75 Å². The molecule has 0 aliphatic rings. The molecule has 1 atom stereocenters. The molecule has 0 aliphatic carbocycles. The minimum absolute atomic E-state index is 0.356. The number of carboxylic acids is 1. The Kier molecular flexibility index (Phi) is 4.86. The minimum atomic E-state index is -0.943. The van der Waals surface area contributed by atoms with E-state index in [0.29, 0.717) is 12.2 Å². The van der Waals surface area contributed by atoms with Crippen LogP contribution in [0.3, 0.4) is 0 Å². The van der Waals surface area contributed by atoms with Gasteiger partial charge in [0.25, 0.3) is 0 Å². The van der Waals surface area contributed by atoms with E-state index < -0.39 is 12.1 Å². The topological polar surface area (TPSA) is 46.5 Å². The number of carbonyl (C=O) groups is 1. The molecule has 0 bridgehead atoms. The van der Waals surface area contributed by atoms with Gasteiger partial charge >= 0.3 is 5.97 Å². The van der Waals surface area contributed by atoms with Crippen molar-refractivity contribution in [2.75, 3.05) is 0 Å². The number of aliphatic carboxylic acids is 1. The van der Waals surface area contributed by atoms with Crippen LogP contribution in [-0.4, -0.2) is 17.2 Å². The van der Waals surface area contributed by atoms with Gasteiger partial charge in [-0.05, 0) is 61.6 Å². The molecule has 0 aliphatic heterocycles. The number of carboxylic acid groups (broad SMARTS) is 1. The fourth-order valence-corrected chi connectivity index (χ4v) is 2.49. The molecular formula is C19H22O3. The Morgan fingerprint density at radius 1 is 1.09 bits per heavy atom. The molecule has 3 nitrogen and oxygen atoms in total. The van der Waals surface area contributed by atoms with Gasteiger partial charge in [0, 0.05) is 6.42 Å². The lowest BCUT2D eigenvalue weighted by Crippen LogP contribution is -2.30.